The Kier molecular flexibility index (Phi) is 6.05. The number of aliphatic hydroxyl groups excluding tert-OH is 1. The largest absolute Gasteiger partial charge is 0.489 e. The maximum atomic E-state index is 8.83. The van der Waals surface area contributed by atoms with E-state index in [1.807, 2.05) is 30.3 Å². The highest BCUT2D eigenvalue weighted by atomic mass is 35.5. The molecule has 0 unspecified atom stereocenters. The molecular formula is C17H20ClNO2. The average Bonchev–Trinajstić information content (AvgIpc) is 2.48. The zero-order chi connectivity index (χ0) is 15.1. The SMILES string of the molecule is Cc1ccccc1COc1ccc(Cl)cc1CNCCO. The fourth-order valence-electron chi connectivity index (χ4n) is 2.06. The van der Waals surface area contributed by atoms with Crippen LogP contribution in [0.5, 0.6) is 5.75 Å². The first-order valence-electron chi connectivity index (χ1n) is 6.98. The van der Waals surface area contributed by atoms with E-state index in [2.05, 4.69) is 24.4 Å². The van der Waals surface area contributed by atoms with E-state index in [1.165, 1.54) is 11.1 Å². The third-order valence-corrected chi connectivity index (χ3v) is 3.51. The molecule has 0 spiro atoms. The van der Waals surface area contributed by atoms with Crippen molar-refractivity contribution in [1.82, 2.24) is 5.32 Å². The molecule has 0 heterocycles. The van der Waals surface area contributed by atoms with Gasteiger partial charge in [-0.05, 0) is 36.2 Å². The average molecular weight is 306 g/mol. The topological polar surface area (TPSA) is 41.5 Å². The fourth-order valence-corrected chi connectivity index (χ4v) is 2.25. The van der Waals surface area contributed by atoms with E-state index >= 15 is 0 Å². The molecule has 2 N–H and O–H groups in total. The van der Waals surface area contributed by atoms with Gasteiger partial charge in [0.2, 0.25) is 0 Å². The van der Waals surface area contributed by atoms with Crippen LogP contribution in [0.2, 0.25) is 5.02 Å². The van der Waals surface area contributed by atoms with E-state index in [9.17, 15) is 0 Å². The summed E-state index contributed by atoms with van der Waals surface area (Å²) in [5, 5.41) is 12.7. The first kappa shape index (κ1) is 15.8. The molecule has 0 aromatic heterocycles. The first-order valence-corrected chi connectivity index (χ1v) is 7.36. The van der Waals surface area contributed by atoms with E-state index in [0.717, 1.165) is 11.3 Å². The maximum absolute atomic E-state index is 8.83. The molecule has 0 bridgehead atoms. The van der Waals surface area contributed by atoms with Gasteiger partial charge in [-0.2, -0.15) is 0 Å². The van der Waals surface area contributed by atoms with Crippen molar-refractivity contribution in [2.75, 3.05) is 13.2 Å². The van der Waals surface area contributed by atoms with Gasteiger partial charge in [-0.25, -0.2) is 0 Å². The molecule has 3 nitrogen and oxygen atoms in total. The first-order chi connectivity index (χ1) is 10.2. The van der Waals surface area contributed by atoms with Crippen LogP contribution < -0.4 is 10.1 Å². The Labute approximate surface area is 130 Å². The number of halogens is 1. The van der Waals surface area contributed by atoms with Crippen molar-refractivity contribution in [3.05, 3.63) is 64.2 Å². The molecule has 0 amide bonds. The Morgan fingerprint density at radius 3 is 2.71 bits per heavy atom. The number of aryl methyl sites for hydroxylation is 1. The van der Waals surface area contributed by atoms with Gasteiger partial charge in [-0.15, -0.1) is 0 Å². The second kappa shape index (κ2) is 8.03. The predicted molar refractivity (Wildman–Crippen MR) is 85.8 cm³/mol. The molecule has 2 aromatic carbocycles. The van der Waals surface area contributed by atoms with Crippen molar-refractivity contribution in [3.8, 4) is 5.75 Å². The van der Waals surface area contributed by atoms with Gasteiger partial charge in [0.25, 0.3) is 0 Å². The smallest absolute Gasteiger partial charge is 0.124 e. The quantitative estimate of drug-likeness (QED) is 0.771. The summed E-state index contributed by atoms with van der Waals surface area (Å²) in [6.07, 6.45) is 0. The molecule has 0 fully saturated rings. The molecule has 0 radical (unpaired) electrons. The van der Waals surface area contributed by atoms with Gasteiger partial charge in [0, 0.05) is 23.7 Å². The fraction of sp³-hybridized carbons (Fsp3) is 0.294. The van der Waals surface area contributed by atoms with Gasteiger partial charge in [0.05, 0.1) is 6.61 Å². The van der Waals surface area contributed by atoms with Crippen LogP contribution in [0.1, 0.15) is 16.7 Å². The Morgan fingerprint density at radius 1 is 1.14 bits per heavy atom. The van der Waals surface area contributed by atoms with E-state index < -0.39 is 0 Å². The van der Waals surface area contributed by atoms with Crippen LogP contribution in [0, 0.1) is 6.92 Å². The number of nitrogens with one attached hydrogen (secondary N) is 1. The van der Waals surface area contributed by atoms with Gasteiger partial charge >= 0.3 is 0 Å². The van der Waals surface area contributed by atoms with E-state index in [-0.39, 0.29) is 6.61 Å². The van der Waals surface area contributed by atoms with Crippen LogP contribution >= 0.6 is 11.6 Å². The Bertz CT molecular complexity index is 587. The van der Waals surface area contributed by atoms with Gasteiger partial charge in [-0.1, -0.05) is 35.9 Å². The number of ether oxygens (including phenoxy) is 1. The summed E-state index contributed by atoms with van der Waals surface area (Å²) in [5.41, 5.74) is 3.37. The summed E-state index contributed by atoms with van der Waals surface area (Å²) in [7, 11) is 0. The standard InChI is InChI=1S/C17H20ClNO2/c1-13-4-2-3-5-14(13)12-21-17-7-6-16(18)10-15(17)11-19-8-9-20/h2-7,10,19-20H,8-9,11-12H2,1H3. The zero-order valence-corrected chi connectivity index (χ0v) is 12.9. The molecule has 0 saturated heterocycles. The summed E-state index contributed by atoms with van der Waals surface area (Å²) < 4.78 is 5.93. The summed E-state index contributed by atoms with van der Waals surface area (Å²) >= 11 is 6.04. The molecule has 2 aromatic rings. The summed E-state index contributed by atoms with van der Waals surface area (Å²) in [4.78, 5) is 0. The van der Waals surface area contributed by atoms with Crippen molar-refractivity contribution < 1.29 is 9.84 Å². The zero-order valence-electron chi connectivity index (χ0n) is 12.1. The molecule has 21 heavy (non-hydrogen) atoms. The summed E-state index contributed by atoms with van der Waals surface area (Å²) in [6, 6.07) is 13.8. The van der Waals surface area contributed by atoms with E-state index in [0.29, 0.717) is 24.7 Å². The monoisotopic (exact) mass is 305 g/mol. The molecule has 0 atom stereocenters. The lowest BCUT2D eigenvalue weighted by Gasteiger charge is -2.13. The van der Waals surface area contributed by atoms with Crippen LogP contribution in [0.25, 0.3) is 0 Å². The van der Waals surface area contributed by atoms with Gasteiger partial charge < -0.3 is 15.2 Å². The van der Waals surface area contributed by atoms with Gasteiger partial charge in [-0.3, -0.25) is 0 Å². The highest BCUT2D eigenvalue weighted by Gasteiger charge is 2.06. The van der Waals surface area contributed by atoms with E-state index in [4.69, 9.17) is 21.4 Å². The highest BCUT2D eigenvalue weighted by molar-refractivity contribution is 6.30. The van der Waals surface area contributed by atoms with Crippen LogP contribution in [-0.2, 0) is 13.2 Å². The lowest BCUT2D eigenvalue weighted by atomic mass is 10.1. The maximum Gasteiger partial charge on any atom is 0.124 e. The predicted octanol–water partition coefficient (Wildman–Crippen LogP) is 3.31. The van der Waals surface area contributed by atoms with Crippen LogP contribution in [0.15, 0.2) is 42.5 Å². The molecule has 0 aliphatic carbocycles. The van der Waals surface area contributed by atoms with Gasteiger partial charge in [0.15, 0.2) is 0 Å². The van der Waals surface area contributed by atoms with Gasteiger partial charge in [0.1, 0.15) is 12.4 Å². The molecule has 0 saturated carbocycles. The minimum absolute atomic E-state index is 0.111. The third-order valence-electron chi connectivity index (χ3n) is 3.27. The number of hydrogen-bond acceptors (Lipinski definition) is 3. The van der Waals surface area contributed by atoms with Crippen molar-refractivity contribution in [2.24, 2.45) is 0 Å². The highest BCUT2D eigenvalue weighted by Crippen LogP contribution is 2.24. The van der Waals surface area contributed by atoms with Crippen molar-refractivity contribution in [3.63, 3.8) is 0 Å². The molecular weight excluding hydrogens is 286 g/mol. The number of benzene rings is 2. The van der Waals surface area contributed by atoms with Crippen molar-refractivity contribution >= 4 is 11.6 Å². The molecule has 0 aliphatic heterocycles. The Hall–Kier alpha value is -1.55. The van der Waals surface area contributed by atoms with Crippen LogP contribution in [0.3, 0.4) is 0 Å². The van der Waals surface area contributed by atoms with Crippen molar-refractivity contribution in [2.45, 2.75) is 20.1 Å². The van der Waals surface area contributed by atoms with E-state index in [1.54, 1.807) is 0 Å². The normalized spacial score (nSPS) is 10.6. The molecule has 0 aliphatic rings. The summed E-state index contributed by atoms with van der Waals surface area (Å²) in [6.45, 7) is 3.87. The lowest BCUT2D eigenvalue weighted by molar-refractivity contribution is 0.288. The lowest BCUT2D eigenvalue weighted by Crippen LogP contribution is -2.18. The molecule has 4 heteroatoms. The molecule has 2 rings (SSSR count). The second-order valence-electron chi connectivity index (χ2n) is 4.87. The Balaban J connectivity index is 2.06. The van der Waals surface area contributed by atoms with Crippen LogP contribution in [0.4, 0.5) is 0 Å². The third kappa shape index (κ3) is 4.74. The second-order valence-corrected chi connectivity index (χ2v) is 5.30. The Morgan fingerprint density at radius 2 is 1.95 bits per heavy atom. The summed E-state index contributed by atoms with van der Waals surface area (Å²) in [5.74, 6) is 0.813. The molecule has 112 valence electrons. The number of hydrogen-bond donors (Lipinski definition) is 2. The van der Waals surface area contributed by atoms with Crippen LogP contribution in [-0.4, -0.2) is 18.3 Å². The number of aliphatic hydroxyl groups is 1. The minimum atomic E-state index is 0.111. The van der Waals surface area contributed by atoms with Crippen molar-refractivity contribution in [1.29, 1.82) is 0 Å². The number of rotatable bonds is 7. The minimum Gasteiger partial charge on any atom is -0.489 e.